The fourth-order valence-corrected chi connectivity index (χ4v) is 1.33. The molecule has 3 nitrogen and oxygen atoms in total. The average Bonchev–Trinajstić information content (AvgIpc) is 2.15. The van der Waals surface area contributed by atoms with E-state index < -0.39 is 6.43 Å². The van der Waals surface area contributed by atoms with Crippen molar-refractivity contribution < 1.29 is 13.5 Å². The van der Waals surface area contributed by atoms with Crippen molar-refractivity contribution in [3.63, 3.8) is 0 Å². The van der Waals surface area contributed by atoms with Gasteiger partial charge in [0.2, 0.25) is 5.88 Å². The number of nitrogens with zero attached hydrogens (tertiary/aromatic N) is 1. The van der Waals surface area contributed by atoms with Crippen molar-refractivity contribution in [2.45, 2.75) is 11.8 Å². The smallest absolute Gasteiger partial charge is 0.271 e. The zero-order valence-corrected chi connectivity index (χ0v) is 9.01. The van der Waals surface area contributed by atoms with Crippen LogP contribution in [0.25, 0.3) is 0 Å². The molecule has 0 bridgehead atoms. The Morgan fingerprint density at radius 2 is 2.29 bits per heavy atom. The lowest BCUT2D eigenvalue weighted by molar-refractivity contribution is 0.147. The van der Waals surface area contributed by atoms with Crippen molar-refractivity contribution in [2.24, 2.45) is 0 Å². The van der Waals surface area contributed by atoms with E-state index in [-0.39, 0.29) is 17.1 Å². The van der Waals surface area contributed by atoms with Crippen LogP contribution in [0.2, 0.25) is 0 Å². The maximum atomic E-state index is 12.5. The van der Waals surface area contributed by atoms with Crippen molar-refractivity contribution in [3.8, 4) is 5.88 Å². The van der Waals surface area contributed by atoms with Crippen LogP contribution in [0.15, 0.2) is 6.07 Å². The molecule has 0 spiro atoms. The van der Waals surface area contributed by atoms with Gasteiger partial charge in [-0.05, 0) is 6.07 Å². The quantitative estimate of drug-likeness (QED) is 0.856. The Morgan fingerprint density at radius 1 is 1.64 bits per heavy atom. The molecular formula is C8H9BrF2N2O. The van der Waals surface area contributed by atoms with Crippen molar-refractivity contribution in [1.82, 2.24) is 4.98 Å². The topological polar surface area (TPSA) is 48.1 Å². The number of nitrogen functional groups attached to an aromatic ring is 1. The number of hydrogen-bond acceptors (Lipinski definition) is 3. The number of aromatic nitrogens is 1. The molecule has 0 saturated carbocycles. The van der Waals surface area contributed by atoms with Crippen molar-refractivity contribution in [3.05, 3.63) is 17.3 Å². The summed E-state index contributed by atoms with van der Waals surface area (Å²) in [6.07, 6.45) is -2.68. The molecule has 0 aromatic carbocycles. The van der Waals surface area contributed by atoms with Gasteiger partial charge in [-0.1, -0.05) is 15.9 Å². The van der Waals surface area contributed by atoms with Crippen molar-refractivity contribution >= 4 is 21.6 Å². The molecule has 1 aromatic heterocycles. The van der Waals surface area contributed by atoms with E-state index in [9.17, 15) is 8.78 Å². The summed E-state index contributed by atoms with van der Waals surface area (Å²) in [5, 5.41) is 0.442. The van der Waals surface area contributed by atoms with E-state index in [4.69, 9.17) is 10.5 Å². The zero-order chi connectivity index (χ0) is 10.7. The van der Waals surface area contributed by atoms with Crippen LogP contribution in [0.3, 0.4) is 0 Å². The number of anilines is 1. The molecule has 1 heterocycles. The molecule has 1 aromatic rings. The van der Waals surface area contributed by atoms with Crippen LogP contribution >= 0.6 is 15.9 Å². The minimum Gasteiger partial charge on any atom is -0.481 e. The predicted molar refractivity (Wildman–Crippen MR) is 52.8 cm³/mol. The van der Waals surface area contributed by atoms with Crippen LogP contribution in [0.5, 0.6) is 5.88 Å². The molecule has 78 valence electrons. The molecule has 14 heavy (non-hydrogen) atoms. The van der Waals surface area contributed by atoms with E-state index in [1.165, 1.54) is 13.2 Å². The summed E-state index contributed by atoms with van der Waals surface area (Å²) in [6, 6.07) is 1.40. The van der Waals surface area contributed by atoms with Gasteiger partial charge in [-0.25, -0.2) is 13.8 Å². The highest BCUT2D eigenvalue weighted by atomic mass is 79.9. The summed E-state index contributed by atoms with van der Waals surface area (Å²) in [5.41, 5.74) is 5.66. The third kappa shape index (κ3) is 2.12. The maximum Gasteiger partial charge on any atom is 0.271 e. The number of rotatable bonds is 3. The van der Waals surface area contributed by atoms with Gasteiger partial charge in [0.15, 0.2) is 0 Å². The fourth-order valence-electron chi connectivity index (χ4n) is 1.05. The van der Waals surface area contributed by atoms with Gasteiger partial charge in [0.05, 0.1) is 12.8 Å². The molecular weight excluding hydrogens is 258 g/mol. The summed E-state index contributed by atoms with van der Waals surface area (Å²) in [4.78, 5) is 3.86. The standard InChI is InChI=1S/C8H9BrF2N2O/c1-14-8-6(7(10)11)5(12)2-4(3-9)13-8/h2,7H,3H2,1H3,(H2,12,13). The molecule has 0 atom stereocenters. The van der Waals surface area contributed by atoms with E-state index in [2.05, 4.69) is 20.9 Å². The first-order valence-corrected chi connectivity index (χ1v) is 4.89. The normalized spacial score (nSPS) is 10.6. The molecule has 2 N–H and O–H groups in total. The van der Waals surface area contributed by atoms with Crippen LogP contribution in [0.4, 0.5) is 14.5 Å². The van der Waals surface area contributed by atoms with E-state index in [1.54, 1.807) is 0 Å². The van der Waals surface area contributed by atoms with E-state index in [0.29, 0.717) is 11.0 Å². The number of pyridine rings is 1. The fraction of sp³-hybridized carbons (Fsp3) is 0.375. The zero-order valence-electron chi connectivity index (χ0n) is 7.43. The number of methoxy groups -OCH3 is 1. The van der Waals surface area contributed by atoms with Gasteiger partial charge in [-0.3, -0.25) is 0 Å². The van der Waals surface area contributed by atoms with E-state index in [1.807, 2.05) is 0 Å². The Bertz CT molecular complexity index is 333. The molecule has 0 aliphatic rings. The highest BCUT2D eigenvalue weighted by Gasteiger charge is 2.19. The van der Waals surface area contributed by atoms with Crippen LogP contribution in [-0.4, -0.2) is 12.1 Å². The third-order valence-electron chi connectivity index (χ3n) is 1.66. The van der Waals surface area contributed by atoms with Crippen LogP contribution in [0, 0.1) is 0 Å². The highest BCUT2D eigenvalue weighted by Crippen LogP contribution is 2.33. The van der Waals surface area contributed by atoms with Crippen molar-refractivity contribution in [2.75, 3.05) is 12.8 Å². The molecule has 0 aliphatic carbocycles. The maximum absolute atomic E-state index is 12.5. The van der Waals surface area contributed by atoms with Crippen LogP contribution in [0.1, 0.15) is 17.7 Å². The van der Waals surface area contributed by atoms with E-state index in [0.717, 1.165) is 0 Å². The molecule has 6 heteroatoms. The van der Waals surface area contributed by atoms with Gasteiger partial charge in [-0.2, -0.15) is 0 Å². The number of alkyl halides is 3. The minimum atomic E-state index is -2.68. The Balaban J connectivity index is 3.27. The van der Waals surface area contributed by atoms with Crippen LogP contribution in [-0.2, 0) is 5.33 Å². The number of hydrogen-bond donors (Lipinski definition) is 1. The van der Waals surface area contributed by atoms with Gasteiger partial charge < -0.3 is 10.5 Å². The largest absolute Gasteiger partial charge is 0.481 e. The summed E-state index contributed by atoms with van der Waals surface area (Å²) < 4.78 is 29.7. The Hall–Kier alpha value is -0.910. The molecule has 0 radical (unpaired) electrons. The summed E-state index contributed by atoms with van der Waals surface area (Å²) in [5.74, 6) is -0.116. The number of halogens is 3. The molecule has 0 aliphatic heterocycles. The Morgan fingerprint density at radius 3 is 2.71 bits per heavy atom. The molecule has 0 fully saturated rings. The van der Waals surface area contributed by atoms with Gasteiger partial charge >= 0.3 is 0 Å². The molecule has 1 rings (SSSR count). The Labute approximate surface area is 88.4 Å². The lowest BCUT2D eigenvalue weighted by Gasteiger charge is -2.10. The lowest BCUT2D eigenvalue weighted by atomic mass is 10.2. The molecule has 0 unspecified atom stereocenters. The Kier molecular flexibility index (Phi) is 3.62. The first-order valence-electron chi connectivity index (χ1n) is 3.77. The monoisotopic (exact) mass is 266 g/mol. The summed E-state index contributed by atoms with van der Waals surface area (Å²) >= 11 is 3.16. The second-order valence-corrected chi connectivity index (χ2v) is 3.12. The summed E-state index contributed by atoms with van der Waals surface area (Å²) in [7, 11) is 1.28. The van der Waals surface area contributed by atoms with Gasteiger partial charge in [-0.15, -0.1) is 0 Å². The second kappa shape index (κ2) is 4.54. The number of nitrogens with two attached hydrogens (primary N) is 1. The minimum absolute atomic E-state index is 0.00120. The van der Waals surface area contributed by atoms with Crippen LogP contribution < -0.4 is 10.5 Å². The third-order valence-corrected chi connectivity index (χ3v) is 2.23. The van der Waals surface area contributed by atoms with Gasteiger partial charge in [0.1, 0.15) is 5.56 Å². The first-order chi connectivity index (χ1) is 6.60. The van der Waals surface area contributed by atoms with Gasteiger partial charge in [0.25, 0.3) is 6.43 Å². The molecule has 0 saturated heterocycles. The molecule has 0 amide bonds. The van der Waals surface area contributed by atoms with Crippen molar-refractivity contribution in [1.29, 1.82) is 0 Å². The SMILES string of the molecule is COc1nc(CBr)cc(N)c1C(F)F. The van der Waals surface area contributed by atoms with Gasteiger partial charge in [0, 0.05) is 11.0 Å². The van der Waals surface area contributed by atoms with E-state index >= 15 is 0 Å². The first kappa shape index (κ1) is 11.2. The highest BCUT2D eigenvalue weighted by molar-refractivity contribution is 9.08. The predicted octanol–water partition coefficient (Wildman–Crippen LogP) is 2.50. The second-order valence-electron chi connectivity index (χ2n) is 2.56. The average molecular weight is 267 g/mol. The number of ether oxygens (including phenoxy) is 1. The lowest BCUT2D eigenvalue weighted by Crippen LogP contribution is -2.03. The summed E-state index contributed by atoms with van der Waals surface area (Å²) in [6.45, 7) is 0.